The lowest BCUT2D eigenvalue weighted by atomic mass is 9.99. The van der Waals surface area contributed by atoms with Crippen LogP contribution in [0.2, 0.25) is 0 Å². The lowest BCUT2D eigenvalue weighted by Crippen LogP contribution is -2.07. The van der Waals surface area contributed by atoms with Gasteiger partial charge in [0.25, 0.3) is 0 Å². The van der Waals surface area contributed by atoms with E-state index in [0.717, 1.165) is 23.3 Å². The molecule has 21 heavy (non-hydrogen) atoms. The summed E-state index contributed by atoms with van der Waals surface area (Å²) >= 11 is 0. The van der Waals surface area contributed by atoms with Gasteiger partial charge < -0.3 is 5.11 Å². The van der Waals surface area contributed by atoms with Gasteiger partial charge in [0.1, 0.15) is 0 Å². The Morgan fingerprint density at radius 1 is 1.05 bits per heavy atom. The summed E-state index contributed by atoms with van der Waals surface area (Å²) in [6, 6.07) is 12.8. The van der Waals surface area contributed by atoms with Gasteiger partial charge in [-0.05, 0) is 43.0 Å². The number of alkyl halides is 3. The number of aliphatic hydroxyl groups is 1. The highest BCUT2D eigenvalue weighted by Crippen LogP contribution is 2.31. The molecular weight excluding hydrogens is 277 g/mol. The van der Waals surface area contributed by atoms with Crippen LogP contribution in [0.25, 0.3) is 0 Å². The molecule has 0 aliphatic rings. The second-order valence-corrected chi connectivity index (χ2v) is 5.17. The molecule has 0 radical (unpaired) electrons. The van der Waals surface area contributed by atoms with Gasteiger partial charge in [-0.2, -0.15) is 13.2 Å². The van der Waals surface area contributed by atoms with Gasteiger partial charge in [0.05, 0.1) is 11.7 Å². The first-order valence-corrected chi connectivity index (χ1v) is 6.77. The van der Waals surface area contributed by atoms with Crippen LogP contribution in [0.5, 0.6) is 0 Å². The Bertz CT molecular complexity index is 605. The first-order chi connectivity index (χ1) is 9.86. The molecule has 112 valence electrons. The van der Waals surface area contributed by atoms with E-state index >= 15 is 0 Å². The molecule has 2 aromatic carbocycles. The van der Waals surface area contributed by atoms with Crippen LogP contribution >= 0.6 is 0 Å². The van der Waals surface area contributed by atoms with E-state index in [1.165, 1.54) is 12.1 Å². The Kier molecular flexibility index (Phi) is 4.68. The minimum Gasteiger partial charge on any atom is -0.388 e. The fourth-order valence-corrected chi connectivity index (χ4v) is 2.26. The quantitative estimate of drug-likeness (QED) is 0.868. The van der Waals surface area contributed by atoms with Crippen LogP contribution in [0, 0.1) is 6.92 Å². The maximum atomic E-state index is 12.6. The Morgan fingerprint density at radius 3 is 2.43 bits per heavy atom. The third kappa shape index (κ3) is 4.33. The largest absolute Gasteiger partial charge is 0.416 e. The fourth-order valence-electron chi connectivity index (χ4n) is 2.26. The minimum atomic E-state index is -4.38. The third-order valence-electron chi connectivity index (χ3n) is 3.39. The predicted molar refractivity (Wildman–Crippen MR) is 75.9 cm³/mol. The molecule has 1 atom stereocenters. The predicted octanol–water partition coefficient (Wildman–Crippen LogP) is 4.68. The zero-order valence-corrected chi connectivity index (χ0v) is 11.7. The van der Waals surface area contributed by atoms with Gasteiger partial charge in [-0.25, -0.2) is 0 Å². The van der Waals surface area contributed by atoms with Crippen LogP contribution in [0.1, 0.15) is 34.8 Å². The number of halogens is 3. The summed E-state index contributed by atoms with van der Waals surface area (Å²) in [5, 5.41) is 10.1. The Labute approximate surface area is 122 Å². The van der Waals surface area contributed by atoms with E-state index in [2.05, 4.69) is 0 Å². The Hall–Kier alpha value is -1.81. The van der Waals surface area contributed by atoms with Crippen molar-refractivity contribution in [3.63, 3.8) is 0 Å². The molecule has 0 aromatic heterocycles. The van der Waals surface area contributed by atoms with Crippen molar-refractivity contribution in [3.05, 3.63) is 70.8 Å². The van der Waals surface area contributed by atoms with E-state index in [1.807, 2.05) is 31.2 Å². The molecule has 0 saturated heterocycles. The summed E-state index contributed by atoms with van der Waals surface area (Å²) in [6.45, 7) is 1.98. The van der Waals surface area contributed by atoms with Crippen LogP contribution in [-0.4, -0.2) is 5.11 Å². The van der Waals surface area contributed by atoms with Crippen LogP contribution in [0.3, 0.4) is 0 Å². The van der Waals surface area contributed by atoms with E-state index in [-0.39, 0.29) is 0 Å². The van der Waals surface area contributed by atoms with Crippen LogP contribution in [0.15, 0.2) is 48.5 Å². The van der Waals surface area contributed by atoms with E-state index in [1.54, 1.807) is 0 Å². The number of rotatable bonds is 4. The van der Waals surface area contributed by atoms with Gasteiger partial charge in [0, 0.05) is 0 Å². The average molecular weight is 294 g/mol. The molecule has 0 spiro atoms. The molecule has 4 heteroatoms. The first-order valence-electron chi connectivity index (χ1n) is 6.77. The number of aryl methyl sites for hydroxylation is 2. The molecule has 2 aromatic rings. The Balaban J connectivity index is 2.05. The molecule has 1 nitrogen and oxygen atoms in total. The monoisotopic (exact) mass is 294 g/mol. The van der Waals surface area contributed by atoms with E-state index in [0.29, 0.717) is 18.4 Å². The average Bonchev–Trinajstić information content (AvgIpc) is 2.44. The van der Waals surface area contributed by atoms with Gasteiger partial charge in [-0.3, -0.25) is 0 Å². The van der Waals surface area contributed by atoms with Crippen LogP contribution < -0.4 is 0 Å². The lowest BCUT2D eigenvalue weighted by molar-refractivity contribution is -0.137. The lowest BCUT2D eigenvalue weighted by Gasteiger charge is -2.14. The maximum Gasteiger partial charge on any atom is 0.416 e. The van der Waals surface area contributed by atoms with E-state index in [9.17, 15) is 18.3 Å². The highest BCUT2D eigenvalue weighted by atomic mass is 19.4. The molecule has 1 unspecified atom stereocenters. The summed E-state index contributed by atoms with van der Waals surface area (Å²) in [4.78, 5) is 0. The summed E-state index contributed by atoms with van der Waals surface area (Å²) in [5.74, 6) is 0. The topological polar surface area (TPSA) is 20.2 Å². The van der Waals surface area contributed by atoms with Crippen LogP contribution in [-0.2, 0) is 12.6 Å². The summed E-state index contributed by atoms with van der Waals surface area (Å²) in [5.41, 5.74) is 1.77. The molecule has 0 saturated carbocycles. The maximum absolute atomic E-state index is 12.6. The van der Waals surface area contributed by atoms with Crippen molar-refractivity contribution < 1.29 is 18.3 Å². The normalized spacial score (nSPS) is 13.2. The van der Waals surface area contributed by atoms with Crippen molar-refractivity contribution in [2.45, 2.75) is 32.0 Å². The standard InChI is InChI=1S/C17H17F3O/c1-12-4-2-5-13(10-12)8-9-16(21)14-6-3-7-15(11-14)17(18,19)20/h2-7,10-11,16,21H,8-9H2,1H3. The van der Waals surface area contributed by atoms with E-state index in [4.69, 9.17) is 0 Å². The fraction of sp³-hybridized carbons (Fsp3) is 0.294. The molecule has 0 aliphatic carbocycles. The van der Waals surface area contributed by atoms with Crippen molar-refractivity contribution in [2.24, 2.45) is 0 Å². The van der Waals surface area contributed by atoms with Gasteiger partial charge >= 0.3 is 6.18 Å². The number of benzene rings is 2. The summed E-state index contributed by atoms with van der Waals surface area (Å²) < 4.78 is 37.9. The molecule has 0 bridgehead atoms. The second kappa shape index (κ2) is 6.31. The molecule has 0 amide bonds. The third-order valence-corrected chi connectivity index (χ3v) is 3.39. The van der Waals surface area contributed by atoms with Crippen molar-refractivity contribution >= 4 is 0 Å². The van der Waals surface area contributed by atoms with Gasteiger partial charge in [0.2, 0.25) is 0 Å². The number of hydrogen-bond acceptors (Lipinski definition) is 1. The van der Waals surface area contributed by atoms with E-state index < -0.39 is 17.8 Å². The van der Waals surface area contributed by atoms with Crippen molar-refractivity contribution in [1.82, 2.24) is 0 Å². The molecule has 2 rings (SSSR count). The zero-order chi connectivity index (χ0) is 15.5. The van der Waals surface area contributed by atoms with Crippen molar-refractivity contribution in [1.29, 1.82) is 0 Å². The molecule has 0 heterocycles. The molecule has 0 fully saturated rings. The number of hydrogen-bond donors (Lipinski definition) is 1. The SMILES string of the molecule is Cc1cccc(CCC(O)c2cccc(C(F)(F)F)c2)c1. The van der Waals surface area contributed by atoms with Gasteiger partial charge in [0.15, 0.2) is 0 Å². The smallest absolute Gasteiger partial charge is 0.388 e. The first kappa shape index (κ1) is 15.6. The Morgan fingerprint density at radius 2 is 1.76 bits per heavy atom. The molecule has 0 aliphatic heterocycles. The second-order valence-electron chi connectivity index (χ2n) is 5.17. The molecular formula is C17H17F3O. The minimum absolute atomic E-state index is 0.303. The van der Waals surface area contributed by atoms with Crippen LogP contribution in [0.4, 0.5) is 13.2 Å². The molecule has 1 N–H and O–H groups in total. The van der Waals surface area contributed by atoms with Crippen molar-refractivity contribution in [3.8, 4) is 0 Å². The van der Waals surface area contributed by atoms with Gasteiger partial charge in [-0.1, -0.05) is 42.0 Å². The highest BCUT2D eigenvalue weighted by molar-refractivity contribution is 5.28. The zero-order valence-electron chi connectivity index (χ0n) is 11.7. The highest BCUT2D eigenvalue weighted by Gasteiger charge is 2.30. The summed E-state index contributed by atoms with van der Waals surface area (Å²) in [6.07, 6.45) is -4.26. The van der Waals surface area contributed by atoms with Crippen molar-refractivity contribution in [2.75, 3.05) is 0 Å². The summed E-state index contributed by atoms with van der Waals surface area (Å²) in [7, 11) is 0. The van der Waals surface area contributed by atoms with Gasteiger partial charge in [-0.15, -0.1) is 0 Å². The number of aliphatic hydroxyl groups excluding tert-OH is 1.